The first-order chi connectivity index (χ1) is 22.2. The summed E-state index contributed by atoms with van der Waals surface area (Å²) in [6.07, 6.45) is 0. The van der Waals surface area contributed by atoms with E-state index in [0.717, 1.165) is 56.0 Å². The van der Waals surface area contributed by atoms with Crippen molar-refractivity contribution < 1.29 is 9.47 Å². The molecule has 46 heavy (non-hydrogen) atoms. The van der Waals surface area contributed by atoms with E-state index in [1.165, 1.54) is 0 Å². The number of hydrogen-bond acceptors (Lipinski definition) is 4. The summed E-state index contributed by atoms with van der Waals surface area (Å²) in [6, 6.07) is 39.0. The Morgan fingerprint density at radius 2 is 0.891 bits per heavy atom. The van der Waals surface area contributed by atoms with Gasteiger partial charge >= 0.3 is 0 Å². The molecule has 6 heteroatoms. The molecule has 0 atom stereocenters. The fraction of sp³-hybridized carbons (Fsp3) is 0.100. The number of nitrogen functional groups attached to an aromatic ring is 2. The van der Waals surface area contributed by atoms with E-state index in [1.807, 2.05) is 109 Å². The average molecular weight is 646 g/mol. The highest BCUT2D eigenvalue weighted by atomic mass is 35.5. The predicted octanol–water partition coefficient (Wildman–Crippen LogP) is 11.8. The minimum absolute atomic E-state index is 0.0399. The smallest absolute Gasteiger partial charge is 0.135 e. The molecule has 0 saturated heterocycles. The van der Waals surface area contributed by atoms with Crippen molar-refractivity contribution in [1.82, 2.24) is 0 Å². The largest absolute Gasteiger partial charge is 0.457 e. The van der Waals surface area contributed by atoms with Gasteiger partial charge in [-0.1, -0.05) is 78.7 Å². The van der Waals surface area contributed by atoms with Crippen LogP contribution in [0.4, 0.5) is 11.4 Å². The first-order valence-corrected chi connectivity index (χ1v) is 15.8. The minimum Gasteiger partial charge on any atom is -0.457 e. The van der Waals surface area contributed by atoms with Crippen molar-refractivity contribution in [2.75, 3.05) is 11.5 Å². The molecule has 0 aliphatic carbocycles. The molecule has 0 aliphatic heterocycles. The van der Waals surface area contributed by atoms with Gasteiger partial charge in [-0.05, 0) is 109 Å². The number of nitrogens with two attached hydrogens (primary N) is 2. The second-order valence-corrected chi connectivity index (χ2v) is 12.3. The Kier molecular flexibility index (Phi) is 8.94. The zero-order valence-corrected chi connectivity index (χ0v) is 27.4. The summed E-state index contributed by atoms with van der Waals surface area (Å²) in [4.78, 5) is 0. The van der Waals surface area contributed by atoms with Crippen LogP contribution in [0.5, 0.6) is 23.0 Å². The Morgan fingerprint density at radius 1 is 0.522 bits per heavy atom. The molecule has 6 rings (SSSR count). The molecule has 0 spiro atoms. The lowest BCUT2D eigenvalue weighted by Crippen LogP contribution is -2.01. The fourth-order valence-electron chi connectivity index (χ4n) is 5.77. The Bertz CT molecular complexity index is 1830. The average Bonchev–Trinajstić information content (AvgIpc) is 3.03. The van der Waals surface area contributed by atoms with Gasteiger partial charge in [0, 0.05) is 49.6 Å². The summed E-state index contributed by atoms with van der Waals surface area (Å²) >= 11 is 14.1. The molecular weight excluding hydrogens is 611 g/mol. The van der Waals surface area contributed by atoms with Crippen LogP contribution >= 0.6 is 23.2 Å². The van der Waals surface area contributed by atoms with Gasteiger partial charge in [0.1, 0.15) is 23.0 Å². The quantitative estimate of drug-likeness (QED) is 0.162. The second-order valence-electron chi connectivity index (χ2n) is 11.4. The van der Waals surface area contributed by atoms with E-state index in [1.54, 1.807) is 0 Å². The van der Waals surface area contributed by atoms with E-state index in [9.17, 15) is 0 Å². The number of rotatable bonds is 8. The van der Waals surface area contributed by atoms with Crippen LogP contribution in [0, 0.1) is 13.8 Å². The standard InChI is InChI=1S/C40H34Cl2N2O2/c1-24-20-27(22-35(41)39(24)33-8-4-6-10-37(33)45-31-16-12-29(43)13-17-31)26(3)28-21-25(2)40(36(42)23-28)34-9-5-7-11-38(34)46-32-18-14-30(44)15-19-32/h4-23,26H,43-44H2,1-3H3. The number of anilines is 2. The zero-order valence-electron chi connectivity index (χ0n) is 25.9. The van der Waals surface area contributed by atoms with Crippen LogP contribution < -0.4 is 20.9 Å². The molecule has 4 nitrogen and oxygen atoms in total. The van der Waals surface area contributed by atoms with Gasteiger partial charge in [-0.25, -0.2) is 0 Å². The van der Waals surface area contributed by atoms with Gasteiger partial charge in [-0.2, -0.15) is 0 Å². The summed E-state index contributed by atoms with van der Waals surface area (Å²) in [6.45, 7) is 6.33. The number of ether oxygens (including phenoxy) is 2. The molecule has 0 aliphatic rings. The van der Waals surface area contributed by atoms with E-state index in [2.05, 4.69) is 32.9 Å². The molecule has 6 aromatic rings. The number of halogens is 2. The first kappa shape index (κ1) is 31.1. The number of aryl methyl sites for hydroxylation is 2. The van der Waals surface area contributed by atoms with Crippen molar-refractivity contribution in [2.24, 2.45) is 0 Å². The van der Waals surface area contributed by atoms with Gasteiger partial charge in [-0.15, -0.1) is 0 Å². The van der Waals surface area contributed by atoms with Gasteiger partial charge in [0.15, 0.2) is 0 Å². The number of para-hydroxylation sites is 2. The molecule has 0 saturated carbocycles. The van der Waals surface area contributed by atoms with Gasteiger partial charge in [0.2, 0.25) is 0 Å². The third-order valence-electron chi connectivity index (χ3n) is 8.15. The molecule has 0 bridgehead atoms. The third kappa shape index (κ3) is 6.55. The topological polar surface area (TPSA) is 70.5 Å². The fourth-order valence-corrected chi connectivity index (χ4v) is 6.52. The molecule has 230 valence electrons. The Hall–Kier alpha value is -4.90. The van der Waals surface area contributed by atoms with E-state index >= 15 is 0 Å². The van der Waals surface area contributed by atoms with Crippen LogP contribution in [0.15, 0.2) is 121 Å². The van der Waals surface area contributed by atoms with Crippen LogP contribution in [-0.4, -0.2) is 0 Å². The van der Waals surface area contributed by atoms with Gasteiger partial charge < -0.3 is 20.9 Å². The normalized spacial score (nSPS) is 11.1. The maximum absolute atomic E-state index is 7.04. The SMILES string of the molecule is Cc1cc(C(C)c2cc(C)c(-c3ccccc3Oc3ccc(N)cc3)c(Cl)c2)cc(Cl)c1-c1ccccc1Oc1ccc(N)cc1. The van der Waals surface area contributed by atoms with Gasteiger partial charge in [0.25, 0.3) is 0 Å². The maximum atomic E-state index is 7.04. The highest BCUT2D eigenvalue weighted by Gasteiger charge is 2.20. The molecule has 0 radical (unpaired) electrons. The van der Waals surface area contributed by atoms with Crippen molar-refractivity contribution in [3.8, 4) is 45.3 Å². The Labute approximate surface area is 280 Å². The van der Waals surface area contributed by atoms with Gasteiger partial charge in [0.05, 0.1) is 0 Å². The van der Waals surface area contributed by atoms with Crippen molar-refractivity contribution in [2.45, 2.75) is 26.7 Å². The van der Waals surface area contributed by atoms with Crippen LogP contribution in [0.3, 0.4) is 0 Å². The number of hydrogen-bond donors (Lipinski definition) is 2. The lowest BCUT2D eigenvalue weighted by molar-refractivity contribution is 0.484. The molecule has 0 heterocycles. The zero-order chi connectivity index (χ0) is 32.4. The third-order valence-corrected chi connectivity index (χ3v) is 8.74. The Balaban J connectivity index is 1.31. The van der Waals surface area contributed by atoms with Crippen molar-refractivity contribution in [3.63, 3.8) is 0 Å². The maximum Gasteiger partial charge on any atom is 0.135 e. The lowest BCUT2D eigenvalue weighted by Gasteiger charge is -2.21. The molecule has 6 aromatic carbocycles. The van der Waals surface area contributed by atoms with E-state index in [-0.39, 0.29) is 5.92 Å². The van der Waals surface area contributed by atoms with E-state index in [0.29, 0.717) is 32.9 Å². The molecule has 0 aromatic heterocycles. The van der Waals surface area contributed by atoms with Crippen molar-refractivity contribution >= 4 is 34.6 Å². The van der Waals surface area contributed by atoms with Gasteiger partial charge in [-0.3, -0.25) is 0 Å². The molecular formula is C40H34Cl2N2O2. The minimum atomic E-state index is 0.0399. The Morgan fingerprint density at radius 3 is 1.26 bits per heavy atom. The molecule has 0 fully saturated rings. The molecule has 0 amide bonds. The van der Waals surface area contributed by atoms with Crippen LogP contribution in [-0.2, 0) is 0 Å². The lowest BCUT2D eigenvalue weighted by atomic mass is 9.87. The van der Waals surface area contributed by atoms with E-state index in [4.69, 9.17) is 44.1 Å². The van der Waals surface area contributed by atoms with Crippen LogP contribution in [0.1, 0.15) is 35.1 Å². The van der Waals surface area contributed by atoms with Crippen molar-refractivity contribution in [1.29, 1.82) is 0 Å². The number of benzene rings is 6. The van der Waals surface area contributed by atoms with Crippen LogP contribution in [0.2, 0.25) is 10.0 Å². The highest BCUT2D eigenvalue weighted by molar-refractivity contribution is 6.34. The monoisotopic (exact) mass is 644 g/mol. The van der Waals surface area contributed by atoms with E-state index < -0.39 is 0 Å². The molecule has 0 unspecified atom stereocenters. The summed E-state index contributed by atoms with van der Waals surface area (Å²) in [7, 11) is 0. The predicted molar refractivity (Wildman–Crippen MR) is 193 cm³/mol. The van der Waals surface area contributed by atoms with Crippen LogP contribution in [0.25, 0.3) is 22.3 Å². The summed E-state index contributed by atoms with van der Waals surface area (Å²) in [5.74, 6) is 2.89. The summed E-state index contributed by atoms with van der Waals surface area (Å²) in [5, 5.41) is 1.31. The first-order valence-electron chi connectivity index (χ1n) is 15.0. The summed E-state index contributed by atoms with van der Waals surface area (Å²) in [5.41, 5.74) is 21.1. The second kappa shape index (κ2) is 13.2. The molecule has 4 N–H and O–H groups in total. The summed E-state index contributed by atoms with van der Waals surface area (Å²) < 4.78 is 12.5. The highest BCUT2D eigenvalue weighted by Crippen LogP contribution is 2.44. The van der Waals surface area contributed by atoms with Crippen molar-refractivity contribution in [3.05, 3.63) is 154 Å².